The van der Waals surface area contributed by atoms with Crippen molar-refractivity contribution in [2.75, 3.05) is 0 Å². The molecule has 1 fully saturated rings. The first-order chi connectivity index (χ1) is 12.2. The number of carbonyl (C=O) groups excluding carboxylic acids is 1. The minimum atomic E-state index is 0.0662. The number of benzene rings is 2. The first kappa shape index (κ1) is 19.0. The van der Waals surface area contributed by atoms with Crippen molar-refractivity contribution in [3.8, 4) is 0 Å². The van der Waals surface area contributed by atoms with Gasteiger partial charge >= 0.3 is 0 Å². The molecule has 138 valence electrons. The van der Waals surface area contributed by atoms with Gasteiger partial charge in [0.2, 0.25) is 0 Å². The maximum absolute atomic E-state index is 13.3. The SMILES string of the molecule is C[C@@H](C1C(C)(C)C1(C)C)N(Cc1ccccc1)C(=O)c1ccc(Cl)cc1. The maximum atomic E-state index is 13.3. The fourth-order valence-electron chi connectivity index (χ4n) is 4.57. The molecular formula is C23H28ClNO. The van der Waals surface area contributed by atoms with Gasteiger partial charge in [-0.15, -0.1) is 0 Å². The number of hydrogen-bond acceptors (Lipinski definition) is 1. The summed E-state index contributed by atoms with van der Waals surface area (Å²) in [5.74, 6) is 0.534. The molecule has 0 unspecified atom stereocenters. The first-order valence-corrected chi connectivity index (χ1v) is 9.64. The Morgan fingerprint density at radius 3 is 2.04 bits per heavy atom. The van der Waals surface area contributed by atoms with Crippen molar-refractivity contribution >= 4 is 17.5 Å². The van der Waals surface area contributed by atoms with Crippen molar-refractivity contribution < 1.29 is 4.79 Å². The summed E-state index contributed by atoms with van der Waals surface area (Å²) in [6, 6.07) is 17.6. The van der Waals surface area contributed by atoms with Crippen LogP contribution in [0.1, 0.15) is 50.5 Å². The smallest absolute Gasteiger partial charge is 0.254 e. The Kier molecular flexibility index (Phi) is 4.92. The molecule has 1 aliphatic carbocycles. The van der Waals surface area contributed by atoms with Crippen LogP contribution in [-0.4, -0.2) is 16.8 Å². The largest absolute Gasteiger partial charge is 0.331 e. The molecule has 3 rings (SSSR count). The summed E-state index contributed by atoms with van der Waals surface area (Å²) >= 11 is 6.00. The van der Waals surface area contributed by atoms with E-state index in [1.165, 1.54) is 0 Å². The monoisotopic (exact) mass is 369 g/mol. The number of hydrogen-bond donors (Lipinski definition) is 0. The molecule has 0 bridgehead atoms. The van der Waals surface area contributed by atoms with Gasteiger partial charge in [-0.25, -0.2) is 0 Å². The minimum Gasteiger partial charge on any atom is -0.331 e. The quantitative estimate of drug-likeness (QED) is 0.627. The zero-order valence-electron chi connectivity index (χ0n) is 16.3. The average molecular weight is 370 g/mol. The van der Waals surface area contributed by atoms with E-state index in [4.69, 9.17) is 11.6 Å². The summed E-state index contributed by atoms with van der Waals surface area (Å²) in [5.41, 5.74) is 2.29. The molecule has 1 atom stereocenters. The molecule has 1 amide bonds. The highest BCUT2D eigenvalue weighted by Gasteiger charge is 2.67. The highest BCUT2D eigenvalue weighted by Crippen LogP contribution is 2.70. The van der Waals surface area contributed by atoms with Gasteiger partial charge in [-0.1, -0.05) is 69.6 Å². The van der Waals surface area contributed by atoms with Crippen LogP contribution in [0.25, 0.3) is 0 Å². The Labute approximate surface area is 162 Å². The van der Waals surface area contributed by atoms with E-state index in [0.717, 1.165) is 5.56 Å². The van der Waals surface area contributed by atoms with E-state index < -0.39 is 0 Å². The molecule has 0 heterocycles. The van der Waals surface area contributed by atoms with Gasteiger partial charge in [-0.3, -0.25) is 4.79 Å². The van der Waals surface area contributed by atoms with Crippen molar-refractivity contribution in [1.29, 1.82) is 0 Å². The van der Waals surface area contributed by atoms with Crippen molar-refractivity contribution in [3.05, 3.63) is 70.7 Å². The molecule has 2 nitrogen and oxygen atoms in total. The molecule has 0 aromatic heterocycles. The standard InChI is InChI=1S/C23H28ClNO/c1-16(20-22(2,3)23(20,4)5)25(15-17-9-7-6-8-10-17)21(26)18-11-13-19(24)14-12-18/h6-14,16,20H,15H2,1-5H3/t16-/m0/s1. The van der Waals surface area contributed by atoms with Gasteiger partial charge in [-0.05, 0) is 53.5 Å². The highest BCUT2D eigenvalue weighted by atomic mass is 35.5. The topological polar surface area (TPSA) is 20.3 Å². The predicted molar refractivity (Wildman–Crippen MR) is 108 cm³/mol. The highest BCUT2D eigenvalue weighted by molar-refractivity contribution is 6.30. The summed E-state index contributed by atoms with van der Waals surface area (Å²) in [7, 11) is 0. The van der Waals surface area contributed by atoms with E-state index in [1.54, 1.807) is 12.1 Å². The zero-order valence-corrected chi connectivity index (χ0v) is 17.0. The number of nitrogens with zero attached hydrogens (tertiary/aromatic N) is 1. The molecule has 2 aromatic rings. The van der Waals surface area contributed by atoms with Crippen molar-refractivity contribution in [3.63, 3.8) is 0 Å². The van der Waals surface area contributed by atoms with Crippen LogP contribution in [0.2, 0.25) is 5.02 Å². The second-order valence-electron chi connectivity index (χ2n) is 8.59. The summed E-state index contributed by atoms with van der Waals surface area (Å²) < 4.78 is 0. The van der Waals surface area contributed by atoms with Crippen LogP contribution in [-0.2, 0) is 6.54 Å². The minimum absolute atomic E-state index is 0.0662. The fourth-order valence-corrected chi connectivity index (χ4v) is 4.70. The number of carbonyl (C=O) groups is 1. The van der Waals surface area contributed by atoms with Crippen LogP contribution in [0.5, 0.6) is 0 Å². The Morgan fingerprint density at radius 1 is 1.00 bits per heavy atom. The lowest BCUT2D eigenvalue weighted by Crippen LogP contribution is -2.40. The van der Waals surface area contributed by atoms with Crippen LogP contribution in [0.15, 0.2) is 54.6 Å². The lowest BCUT2D eigenvalue weighted by Gasteiger charge is -2.31. The second kappa shape index (κ2) is 6.74. The molecule has 2 aromatic carbocycles. The van der Waals surface area contributed by atoms with E-state index in [9.17, 15) is 4.79 Å². The van der Waals surface area contributed by atoms with Crippen LogP contribution in [0.3, 0.4) is 0 Å². The van der Waals surface area contributed by atoms with Gasteiger partial charge in [0.05, 0.1) is 0 Å². The normalized spacial score (nSPS) is 19.0. The summed E-state index contributed by atoms with van der Waals surface area (Å²) in [6.07, 6.45) is 0. The second-order valence-corrected chi connectivity index (χ2v) is 9.02. The van der Waals surface area contributed by atoms with Gasteiger partial charge < -0.3 is 4.90 Å². The Bertz CT molecular complexity index is 766. The van der Waals surface area contributed by atoms with E-state index in [1.807, 2.05) is 35.2 Å². The third-order valence-corrected chi connectivity index (χ3v) is 6.91. The van der Waals surface area contributed by atoms with Crippen molar-refractivity contribution in [1.82, 2.24) is 4.90 Å². The number of amides is 1. The Morgan fingerprint density at radius 2 is 1.54 bits per heavy atom. The molecule has 0 spiro atoms. The lowest BCUT2D eigenvalue weighted by atomic mass is 10.0. The fraction of sp³-hybridized carbons (Fsp3) is 0.435. The van der Waals surface area contributed by atoms with Crippen LogP contribution in [0, 0.1) is 16.7 Å². The predicted octanol–water partition coefficient (Wildman–Crippen LogP) is 6.05. The Balaban J connectivity index is 1.91. The van der Waals surface area contributed by atoms with Gasteiger partial charge in [0.1, 0.15) is 0 Å². The average Bonchev–Trinajstić information content (AvgIpc) is 3.02. The molecule has 1 aliphatic rings. The molecule has 0 saturated heterocycles. The summed E-state index contributed by atoms with van der Waals surface area (Å²) in [6.45, 7) is 12.0. The van der Waals surface area contributed by atoms with Gasteiger partial charge in [0, 0.05) is 23.2 Å². The molecule has 3 heteroatoms. The maximum Gasteiger partial charge on any atom is 0.254 e. The van der Waals surface area contributed by atoms with E-state index in [2.05, 4.69) is 46.8 Å². The molecular weight excluding hydrogens is 342 g/mol. The van der Waals surface area contributed by atoms with Crippen molar-refractivity contribution in [2.24, 2.45) is 16.7 Å². The third-order valence-electron chi connectivity index (χ3n) is 6.65. The molecule has 0 N–H and O–H groups in total. The lowest BCUT2D eigenvalue weighted by molar-refractivity contribution is 0.0634. The van der Waals surface area contributed by atoms with Crippen LogP contribution in [0.4, 0.5) is 0 Å². The molecule has 0 radical (unpaired) electrons. The van der Waals surface area contributed by atoms with Crippen molar-refractivity contribution in [2.45, 2.75) is 47.2 Å². The Hall–Kier alpha value is -1.80. The summed E-state index contributed by atoms with van der Waals surface area (Å²) in [5, 5.41) is 0.647. The molecule has 26 heavy (non-hydrogen) atoms. The van der Waals surface area contributed by atoms with E-state index in [0.29, 0.717) is 23.0 Å². The van der Waals surface area contributed by atoms with Gasteiger partial charge in [0.25, 0.3) is 5.91 Å². The van der Waals surface area contributed by atoms with Crippen LogP contribution < -0.4 is 0 Å². The summed E-state index contributed by atoms with van der Waals surface area (Å²) in [4.78, 5) is 15.4. The van der Waals surface area contributed by atoms with Gasteiger partial charge in [0.15, 0.2) is 0 Å². The third kappa shape index (κ3) is 3.27. The molecule has 0 aliphatic heterocycles. The molecule has 1 saturated carbocycles. The zero-order chi connectivity index (χ0) is 19.1. The van der Waals surface area contributed by atoms with E-state index >= 15 is 0 Å². The van der Waals surface area contributed by atoms with Crippen LogP contribution >= 0.6 is 11.6 Å². The first-order valence-electron chi connectivity index (χ1n) is 9.26. The van der Waals surface area contributed by atoms with Gasteiger partial charge in [-0.2, -0.15) is 0 Å². The number of halogens is 1. The van der Waals surface area contributed by atoms with E-state index in [-0.39, 0.29) is 22.8 Å². The number of rotatable bonds is 5.